The molecule has 0 aliphatic carbocycles. The molecule has 20 heavy (non-hydrogen) atoms. The number of nitrogens with zero attached hydrogens (tertiary/aromatic N) is 1. The molecule has 108 valence electrons. The van der Waals surface area contributed by atoms with Crippen LogP contribution in [-0.2, 0) is 10.0 Å². The average molecular weight is 311 g/mol. The molecule has 5 nitrogen and oxygen atoms in total. The Morgan fingerprint density at radius 3 is 2.45 bits per heavy atom. The third-order valence-electron chi connectivity index (χ3n) is 2.74. The molecule has 1 unspecified atom stereocenters. The lowest BCUT2D eigenvalue weighted by atomic mass is 10.2. The van der Waals surface area contributed by atoms with Crippen molar-refractivity contribution in [2.75, 3.05) is 15.8 Å². The molecule has 7 heteroatoms. The zero-order valence-electron chi connectivity index (χ0n) is 11.3. The van der Waals surface area contributed by atoms with Crippen molar-refractivity contribution in [2.45, 2.75) is 19.9 Å². The molecule has 0 bridgehead atoms. The summed E-state index contributed by atoms with van der Waals surface area (Å²) in [6.07, 6.45) is 1.78. The highest BCUT2D eigenvalue weighted by Crippen LogP contribution is 2.22. The van der Waals surface area contributed by atoms with E-state index in [1.807, 2.05) is 24.4 Å². The minimum Gasteiger partial charge on any atom is -0.376 e. The van der Waals surface area contributed by atoms with Gasteiger partial charge in [0, 0.05) is 23.0 Å². The van der Waals surface area contributed by atoms with Crippen molar-refractivity contribution in [3.8, 4) is 0 Å². The van der Waals surface area contributed by atoms with Crippen LogP contribution >= 0.6 is 11.3 Å². The third kappa shape index (κ3) is 3.94. The summed E-state index contributed by atoms with van der Waals surface area (Å²) in [7, 11) is -3.22. The lowest BCUT2D eigenvalue weighted by Crippen LogP contribution is -2.14. The van der Waals surface area contributed by atoms with Crippen molar-refractivity contribution < 1.29 is 8.42 Å². The Morgan fingerprint density at radius 2 is 1.90 bits per heavy atom. The third-order valence-corrected chi connectivity index (χ3v) is 5.01. The van der Waals surface area contributed by atoms with Crippen LogP contribution in [0.15, 0.2) is 35.8 Å². The zero-order valence-corrected chi connectivity index (χ0v) is 13.0. The summed E-state index contributed by atoms with van der Waals surface area (Å²) in [6, 6.07) is 7.29. The van der Waals surface area contributed by atoms with Crippen LogP contribution < -0.4 is 10.0 Å². The van der Waals surface area contributed by atoms with Crippen LogP contribution in [0.2, 0.25) is 0 Å². The van der Waals surface area contributed by atoms with Crippen molar-refractivity contribution in [3.63, 3.8) is 0 Å². The molecule has 2 N–H and O–H groups in total. The first-order chi connectivity index (χ1) is 9.50. The first-order valence-electron chi connectivity index (χ1n) is 6.26. The molecular formula is C13H17N3O2S2. The summed E-state index contributed by atoms with van der Waals surface area (Å²) in [5.41, 5.74) is 1.49. The Labute approximate surface area is 123 Å². The molecule has 0 radical (unpaired) electrons. The smallest absolute Gasteiger partial charge is 0.232 e. The van der Waals surface area contributed by atoms with E-state index in [2.05, 4.69) is 15.0 Å². The number of rotatable bonds is 6. The predicted octanol–water partition coefficient (Wildman–Crippen LogP) is 3.08. The van der Waals surface area contributed by atoms with Crippen LogP contribution in [0.25, 0.3) is 0 Å². The lowest BCUT2D eigenvalue weighted by Gasteiger charge is -2.13. The lowest BCUT2D eigenvalue weighted by molar-refractivity contribution is 0.602. The van der Waals surface area contributed by atoms with E-state index in [-0.39, 0.29) is 11.8 Å². The molecule has 2 aromatic rings. The normalized spacial score (nSPS) is 12.9. The molecular weight excluding hydrogens is 294 g/mol. The van der Waals surface area contributed by atoms with Crippen molar-refractivity contribution in [3.05, 3.63) is 40.8 Å². The Balaban J connectivity index is 2.02. The fourth-order valence-electron chi connectivity index (χ4n) is 1.65. The summed E-state index contributed by atoms with van der Waals surface area (Å²) in [4.78, 5) is 4.25. The van der Waals surface area contributed by atoms with Gasteiger partial charge in [-0.15, -0.1) is 11.3 Å². The maximum Gasteiger partial charge on any atom is 0.232 e. The van der Waals surface area contributed by atoms with Gasteiger partial charge in [0.2, 0.25) is 10.0 Å². The van der Waals surface area contributed by atoms with Crippen LogP contribution in [0, 0.1) is 0 Å². The number of benzene rings is 1. The van der Waals surface area contributed by atoms with Crippen molar-refractivity contribution in [1.29, 1.82) is 0 Å². The van der Waals surface area contributed by atoms with Crippen molar-refractivity contribution >= 4 is 32.7 Å². The molecule has 0 spiro atoms. The van der Waals surface area contributed by atoms with E-state index in [0.717, 1.165) is 10.7 Å². The minimum atomic E-state index is -3.22. The summed E-state index contributed by atoms with van der Waals surface area (Å²) < 4.78 is 25.4. The van der Waals surface area contributed by atoms with Gasteiger partial charge in [0.15, 0.2) is 0 Å². The van der Waals surface area contributed by atoms with Gasteiger partial charge in [-0.05, 0) is 38.1 Å². The number of nitrogens with one attached hydrogen (secondary N) is 2. The SMILES string of the molecule is CCS(=O)(=O)Nc1ccc(NC(C)c2nccs2)cc1. The monoisotopic (exact) mass is 311 g/mol. The molecule has 0 saturated carbocycles. The van der Waals surface area contributed by atoms with Crippen molar-refractivity contribution in [2.24, 2.45) is 0 Å². The Bertz CT molecular complexity index is 637. The largest absolute Gasteiger partial charge is 0.376 e. The second-order valence-electron chi connectivity index (χ2n) is 4.32. The number of aromatic nitrogens is 1. The number of sulfonamides is 1. The first kappa shape index (κ1) is 14.8. The van der Waals surface area contributed by atoms with Gasteiger partial charge in [-0.2, -0.15) is 0 Å². The average Bonchev–Trinajstić information content (AvgIpc) is 2.95. The molecule has 0 aliphatic heterocycles. The molecule has 0 fully saturated rings. The second kappa shape index (κ2) is 6.23. The summed E-state index contributed by atoms with van der Waals surface area (Å²) in [5, 5.41) is 6.27. The Morgan fingerprint density at radius 1 is 1.25 bits per heavy atom. The van der Waals surface area contributed by atoms with Gasteiger partial charge in [0.05, 0.1) is 11.8 Å². The quantitative estimate of drug-likeness (QED) is 0.860. The van der Waals surface area contributed by atoms with E-state index < -0.39 is 10.0 Å². The number of thiazole rings is 1. The highest BCUT2D eigenvalue weighted by Gasteiger charge is 2.09. The fraction of sp³-hybridized carbons (Fsp3) is 0.308. The van der Waals surface area contributed by atoms with Gasteiger partial charge < -0.3 is 5.32 Å². The van der Waals surface area contributed by atoms with Crippen LogP contribution in [0.4, 0.5) is 11.4 Å². The fourth-order valence-corrected chi connectivity index (χ4v) is 2.93. The van der Waals surface area contributed by atoms with E-state index in [4.69, 9.17) is 0 Å². The molecule has 0 saturated heterocycles. The van der Waals surface area contributed by atoms with Gasteiger partial charge in [0.1, 0.15) is 5.01 Å². The molecule has 1 aromatic heterocycles. The second-order valence-corrected chi connectivity index (χ2v) is 7.26. The first-order valence-corrected chi connectivity index (χ1v) is 8.80. The minimum absolute atomic E-state index is 0.0636. The van der Waals surface area contributed by atoms with E-state index in [1.54, 1.807) is 36.6 Å². The predicted molar refractivity (Wildman–Crippen MR) is 83.7 cm³/mol. The Hall–Kier alpha value is -1.60. The van der Waals surface area contributed by atoms with E-state index in [1.165, 1.54) is 0 Å². The highest BCUT2D eigenvalue weighted by molar-refractivity contribution is 7.92. The standard InChI is InChI=1S/C13H17N3O2S2/c1-3-20(17,18)16-12-6-4-11(5-7-12)15-10(2)13-14-8-9-19-13/h4-10,15-16H,3H2,1-2H3. The Kier molecular flexibility index (Phi) is 4.61. The van der Waals surface area contributed by atoms with Crippen LogP contribution in [0.1, 0.15) is 24.9 Å². The summed E-state index contributed by atoms with van der Waals surface area (Å²) >= 11 is 1.60. The molecule has 2 rings (SSSR count). The molecule has 1 heterocycles. The topological polar surface area (TPSA) is 71.1 Å². The maximum absolute atomic E-state index is 11.5. The van der Waals surface area contributed by atoms with E-state index in [9.17, 15) is 8.42 Å². The van der Waals surface area contributed by atoms with Crippen LogP contribution in [-0.4, -0.2) is 19.2 Å². The van der Waals surface area contributed by atoms with Gasteiger partial charge in [-0.3, -0.25) is 4.72 Å². The highest BCUT2D eigenvalue weighted by atomic mass is 32.2. The van der Waals surface area contributed by atoms with Gasteiger partial charge in [-0.25, -0.2) is 13.4 Å². The zero-order chi connectivity index (χ0) is 14.6. The van der Waals surface area contributed by atoms with Crippen molar-refractivity contribution in [1.82, 2.24) is 4.98 Å². The molecule has 0 amide bonds. The van der Waals surface area contributed by atoms with Crippen LogP contribution in [0.3, 0.4) is 0 Å². The van der Waals surface area contributed by atoms with Crippen LogP contribution in [0.5, 0.6) is 0 Å². The molecule has 0 aliphatic rings. The number of hydrogen-bond donors (Lipinski definition) is 2. The number of anilines is 2. The summed E-state index contributed by atoms with van der Waals surface area (Å²) in [6.45, 7) is 3.64. The van der Waals surface area contributed by atoms with E-state index in [0.29, 0.717) is 5.69 Å². The molecule has 1 atom stereocenters. The van der Waals surface area contributed by atoms with E-state index >= 15 is 0 Å². The van der Waals surface area contributed by atoms with Gasteiger partial charge in [0.25, 0.3) is 0 Å². The van der Waals surface area contributed by atoms with Gasteiger partial charge >= 0.3 is 0 Å². The maximum atomic E-state index is 11.5. The summed E-state index contributed by atoms with van der Waals surface area (Å²) in [5.74, 6) is 0.0636. The van der Waals surface area contributed by atoms with Gasteiger partial charge in [-0.1, -0.05) is 0 Å². The molecule has 1 aromatic carbocycles. The number of hydrogen-bond acceptors (Lipinski definition) is 5.